The van der Waals surface area contributed by atoms with Gasteiger partial charge in [-0.15, -0.1) is 0 Å². The maximum absolute atomic E-state index is 5.72. The average molecular weight is 380 g/mol. The number of rotatable bonds is 9. The first-order valence-electron chi connectivity index (χ1n) is 10.2. The van der Waals surface area contributed by atoms with Gasteiger partial charge >= 0.3 is 0 Å². The minimum atomic E-state index is 0.305. The molecule has 1 N–H and O–H groups in total. The normalized spacial score (nSPS) is 21.7. The van der Waals surface area contributed by atoms with Crippen molar-refractivity contribution in [2.45, 2.75) is 38.8 Å². The molecule has 0 spiro atoms. The second-order valence-electron chi connectivity index (χ2n) is 7.05. The van der Waals surface area contributed by atoms with Crippen molar-refractivity contribution < 1.29 is 14.0 Å². The summed E-state index contributed by atoms with van der Waals surface area (Å²) in [5.74, 6) is 1.01. The largest absolute Gasteiger partial charge is 0.379 e. The van der Waals surface area contributed by atoms with Crippen LogP contribution >= 0.6 is 0 Å². The van der Waals surface area contributed by atoms with Crippen molar-refractivity contribution in [3.05, 3.63) is 18.0 Å². The fraction of sp³-hybridized carbons (Fsp3) is 0.789. The van der Waals surface area contributed by atoms with E-state index in [0.29, 0.717) is 6.10 Å². The van der Waals surface area contributed by atoms with Crippen molar-refractivity contribution in [3.63, 3.8) is 0 Å². The molecule has 3 rings (SSSR count). The van der Waals surface area contributed by atoms with E-state index in [1.54, 1.807) is 6.26 Å². The van der Waals surface area contributed by atoms with Crippen LogP contribution in [0.4, 0.5) is 0 Å². The zero-order valence-corrected chi connectivity index (χ0v) is 16.4. The van der Waals surface area contributed by atoms with Crippen LogP contribution in [0.1, 0.15) is 31.9 Å². The number of nitrogens with one attached hydrogen (secondary N) is 1. The number of ether oxygens (including phenoxy) is 2. The molecule has 3 heterocycles. The van der Waals surface area contributed by atoms with E-state index in [0.717, 1.165) is 96.5 Å². The average Bonchev–Trinajstić information content (AvgIpc) is 3.38. The molecule has 8 nitrogen and oxygen atoms in total. The Bertz CT molecular complexity index is 538. The zero-order valence-electron chi connectivity index (χ0n) is 16.4. The first kappa shape index (κ1) is 20.1. The minimum absolute atomic E-state index is 0.305. The van der Waals surface area contributed by atoms with Crippen LogP contribution in [0.5, 0.6) is 0 Å². The van der Waals surface area contributed by atoms with Crippen LogP contribution in [0.2, 0.25) is 0 Å². The van der Waals surface area contributed by atoms with Gasteiger partial charge in [0.2, 0.25) is 0 Å². The van der Waals surface area contributed by atoms with E-state index in [4.69, 9.17) is 19.0 Å². The number of nitrogens with zero attached hydrogens (tertiary/aromatic N) is 4. The highest BCUT2D eigenvalue weighted by Crippen LogP contribution is 2.12. The van der Waals surface area contributed by atoms with Crippen molar-refractivity contribution in [1.82, 2.24) is 20.3 Å². The van der Waals surface area contributed by atoms with Crippen LogP contribution in [0.25, 0.3) is 0 Å². The summed E-state index contributed by atoms with van der Waals surface area (Å²) in [6, 6.07) is 1.93. The molecule has 1 atom stereocenters. The monoisotopic (exact) mass is 379 g/mol. The Morgan fingerprint density at radius 2 is 2.26 bits per heavy atom. The third-order valence-electron chi connectivity index (χ3n) is 4.92. The number of piperazine rings is 1. The summed E-state index contributed by atoms with van der Waals surface area (Å²) >= 11 is 0. The van der Waals surface area contributed by atoms with Gasteiger partial charge in [-0.2, -0.15) is 0 Å². The highest BCUT2D eigenvalue weighted by molar-refractivity contribution is 5.80. The van der Waals surface area contributed by atoms with E-state index in [9.17, 15) is 0 Å². The topological polar surface area (TPSA) is 75.4 Å². The van der Waals surface area contributed by atoms with Crippen molar-refractivity contribution in [1.29, 1.82) is 0 Å². The lowest BCUT2D eigenvalue weighted by atomic mass is 10.2. The highest BCUT2D eigenvalue weighted by atomic mass is 16.5. The summed E-state index contributed by atoms with van der Waals surface area (Å²) in [7, 11) is 0. The number of hydrogen-bond donors (Lipinski definition) is 1. The van der Waals surface area contributed by atoms with Crippen LogP contribution in [0, 0.1) is 0 Å². The van der Waals surface area contributed by atoms with Crippen molar-refractivity contribution in [2.24, 2.45) is 4.99 Å². The maximum atomic E-state index is 5.72. The highest BCUT2D eigenvalue weighted by Gasteiger charge is 2.20. The van der Waals surface area contributed by atoms with Gasteiger partial charge in [0.05, 0.1) is 18.4 Å². The summed E-state index contributed by atoms with van der Waals surface area (Å²) in [5.41, 5.74) is 0.993. The van der Waals surface area contributed by atoms with E-state index in [1.165, 1.54) is 0 Å². The molecule has 1 unspecified atom stereocenters. The zero-order chi connectivity index (χ0) is 18.7. The van der Waals surface area contributed by atoms with Gasteiger partial charge < -0.3 is 24.2 Å². The Morgan fingerprint density at radius 3 is 2.96 bits per heavy atom. The van der Waals surface area contributed by atoms with E-state index in [2.05, 4.69) is 27.2 Å². The minimum Gasteiger partial charge on any atom is -0.379 e. The van der Waals surface area contributed by atoms with Crippen LogP contribution in [-0.4, -0.2) is 86.1 Å². The van der Waals surface area contributed by atoms with Crippen molar-refractivity contribution in [2.75, 3.05) is 59.1 Å². The first-order valence-corrected chi connectivity index (χ1v) is 10.2. The molecule has 0 radical (unpaired) electrons. The summed E-state index contributed by atoms with van der Waals surface area (Å²) < 4.78 is 16.2. The second-order valence-corrected chi connectivity index (χ2v) is 7.05. The molecular weight excluding hydrogens is 346 g/mol. The molecule has 2 aliphatic rings. The molecule has 0 aromatic carbocycles. The summed E-state index contributed by atoms with van der Waals surface area (Å²) in [5, 5.41) is 7.42. The molecule has 0 amide bonds. The van der Waals surface area contributed by atoms with Gasteiger partial charge in [0, 0.05) is 65.1 Å². The Hall–Kier alpha value is -1.64. The molecule has 2 fully saturated rings. The number of hydrogen-bond acceptors (Lipinski definition) is 6. The van der Waals surface area contributed by atoms with Gasteiger partial charge in [0.25, 0.3) is 0 Å². The molecule has 1 aromatic rings. The van der Waals surface area contributed by atoms with Gasteiger partial charge in [-0.25, -0.2) is 0 Å². The van der Waals surface area contributed by atoms with E-state index in [1.807, 2.05) is 6.07 Å². The molecular formula is C19H33N5O3. The van der Waals surface area contributed by atoms with Crippen LogP contribution < -0.4 is 5.32 Å². The number of aliphatic imine (C=N–C) groups is 1. The lowest BCUT2D eigenvalue weighted by Crippen LogP contribution is -2.52. The third kappa shape index (κ3) is 6.79. The van der Waals surface area contributed by atoms with Gasteiger partial charge in [0.15, 0.2) is 5.96 Å². The maximum Gasteiger partial charge on any atom is 0.194 e. The SMILES string of the molecule is CCNC(=NCCCOCC1CCCO1)N1CCN(Cc2ccon2)CC1. The molecule has 0 bridgehead atoms. The van der Waals surface area contributed by atoms with E-state index in [-0.39, 0.29) is 0 Å². The Kier molecular flexibility index (Phi) is 8.38. The quantitative estimate of drug-likeness (QED) is 0.394. The molecule has 0 aliphatic carbocycles. The summed E-state index contributed by atoms with van der Waals surface area (Å²) in [4.78, 5) is 9.52. The van der Waals surface area contributed by atoms with E-state index < -0.39 is 0 Å². The second kappa shape index (κ2) is 11.3. The molecule has 1 aromatic heterocycles. The molecule has 0 saturated carbocycles. The molecule has 152 valence electrons. The van der Waals surface area contributed by atoms with E-state index >= 15 is 0 Å². The van der Waals surface area contributed by atoms with Crippen molar-refractivity contribution in [3.8, 4) is 0 Å². The van der Waals surface area contributed by atoms with Gasteiger partial charge in [-0.05, 0) is 26.2 Å². The molecule has 27 heavy (non-hydrogen) atoms. The van der Waals surface area contributed by atoms with Gasteiger partial charge in [-0.1, -0.05) is 5.16 Å². The standard InChI is InChI=1S/C19H33N5O3/c1-2-20-19(21-7-4-12-25-16-18-5-3-13-26-18)24-10-8-23(9-11-24)15-17-6-14-27-22-17/h6,14,18H,2-5,7-13,15-16H2,1H3,(H,20,21). The van der Waals surface area contributed by atoms with Gasteiger partial charge in [-0.3, -0.25) is 9.89 Å². The lowest BCUT2D eigenvalue weighted by Gasteiger charge is -2.36. The molecule has 8 heteroatoms. The smallest absolute Gasteiger partial charge is 0.194 e. The van der Waals surface area contributed by atoms with Gasteiger partial charge in [0.1, 0.15) is 6.26 Å². The van der Waals surface area contributed by atoms with Crippen LogP contribution in [0.3, 0.4) is 0 Å². The Labute approximate surface area is 161 Å². The van der Waals surface area contributed by atoms with Crippen LogP contribution in [-0.2, 0) is 16.0 Å². The summed E-state index contributed by atoms with van der Waals surface area (Å²) in [6.45, 7) is 10.9. The van der Waals surface area contributed by atoms with Crippen LogP contribution in [0.15, 0.2) is 21.8 Å². The predicted molar refractivity (Wildman–Crippen MR) is 104 cm³/mol. The third-order valence-corrected chi connectivity index (χ3v) is 4.92. The fourth-order valence-electron chi connectivity index (χ4n) is 3.43. The first-order chi connectivity index (χ1) is 13.3. The Morgan fingerprint density at radius 1 is 1.37 bits per heavy atom. The number of aromatic nitrogens is 1. The number of guanidine groups is 1. The molecule has 2 aliphatic heterocycles. The fourth-order valence-corrected chi connectivity index (χ4v) is 3.43. The Balaban J connectivity index is 1.34. The lowest BCUT2D eigenvalue weighted by molar-refractivity contribution is 0.0170. The summed E-state index contributed by atoms with van der Waals surface area (Å²) in [6.07, 6.45) is 5.17. The predicted octanol–water partition coefficient (Wildman–Crippen LogP) is 1.34. The van der Waals surface area contributed by atoms with Crippen molar-refractivity contribution >= 4 is 5.96 Å². The molecule has 2 saturated heterocycles.